The standard InChI is InChI=1S/C31H27ClN4O3S/c1-22-7-15-27(16-8-22)39-20-29-34-35-31(36(29)26-13-9-24(32)10-14-26)40-21-30(37)33-25-11-17-28(18-12-25)38-19-23-5-3-2-4-6-23/h2-18H,19-21H2,1H3,(H,33,37). The highest BCUT2D eigenvalue weighted by Gasteiger charge is 2.17. The quantitative estimate of drug-likeness (QED) is 0.170. The molecule has 0 aliphatic rings. The van der Waals surface area contributed by atoms with E-state index in [0.29, 0.717) is 28.3 Å². The van der Waals surface area contributed by atoms with E-state index in [2.05, 4.69) is 15.5 Å². The molecule has 0 saturated carbocycles. The summed E-state index contributed by atoms with van der Waals surface area (Å²) in [5, 5.41) is 12.8. The zero-order valence-corrected chi connectivity index (χ0v) is 23.4. The third-order valence-corrected chi connectivity index (χ3v) is 7.07. The molecule has 0 radical (unpaired) electrons. The normalized spacial score (nSPS) is 10.8. The fraction of sp³-hybridized carbons (Fsp3) is 0.129. The first kappa shape index (κ1) is 27.3. The number of amides is 1. The van der Waals surface area contributed by atoms with Crippen molar-refractivity contribution in [1.29, 1.82) is 0 Å². The maximum atomic E-state index is 12.8. The van der Waals surface area contributed by atoms with Crippen LogP contribution in [0.4, 0.5) is 5.69 Å². The van der Waals surface area contributed by atoms with Gasteiger partial charge in [0.05, 0.1) is 5.75 Å². The molecule has 0 saturated heterocycles. The highest BCUT2D eigenvalue weighted by molar-refractivity contribution is 7.99. The van der Waals surface area contributed by atoms with E-state index in [1.54, 1.807) is 12.1 Å². The number of hydrogen-bond donors (Lipinski definition) is 1. The lowest BCUT2D eigenvalue weighted by Gasteiger charge is -2.12. The van der Waals surface area contributed by atoms with Crippen LogP contribution in [0, 0.1) is 6.92 Å². The molecule has 0 atom stereocenters. The summed E-state index contributed by atoms with van der Waals surface area (Å²) >= 11 is 7.40. The Hall–Kier alpha value is -4.27. The molecule has 1 heterocycles. The summed E-state index contributed by atoms with van der Waals surface area (Å²) in [6.07, 6.45) is 0. The predicted molar refractivity (Wildman–Crippen MR) is 158 cm³/mol. The van der Waals surface area contributed by atoms with E-state index in [0.717, 1.165) is 28.3 Å². The summed E-state index contributed by atoms with van der Waals surface area (Å²) in [6.45, 7) is 2.72. The molecule has 5 aromatic rings. The first-order chi connectivity index (χ1) is 19.5. The molecule has 5 rings (SSSR count). The van der Waals surface area contributed by atoms with E-state index in [4.69, 9.17) is 21.1 Å². The smallest absolute Gasteiger partial charge is 0.234 e. The maximum absolute atomic E-state index is 12.8. The number of rotatable bonds is 11. The number of halogens is 1. The van der Waals surface area contributed by atoms with Gasteiger partial charge in [0.15, 0.2) is 11.0 Å². The molecule has 4 aromatic carbocycles. The second kappa shape index (κ2) is 13.2. The Labute approximate surface area is 242 Å². The van der Waals surface area contributed by atoms with Crippen LogP contribution in [0.3, 0.4) is 0 Å². The van der Waals surface area contributed by atoms with Crippen molar-refractivity contribution in [3.05, 3.63) is 125 Å². The van der Waals surface area contributed by atoms with Gasteiger partial charge in [0.1, 0.15) is 24.7 Å². The number of nitrogens with one attached hydrogen (secondary N) is 1. The van der Waals surface area contributed by atoms with E-state index < -0.39 is 0 Å². The van der Waals surface area contributed by atoms with Crippen molar-refractivity contribution in [2.45, 2.75) is 25.3 Å². The van der Waals surface area contributed by atoms with Gasteiger partial charge in [0, 0.05) is 16.4 Å². The summed E-state index contributed by atoms with van der Waals surface area (Å²) in [6, 6.07) is 32.5. The number of aromatic nitrogens is 3. The first-order valence-electron chi connectivity index (χ1n) is 12.6. The van der Waals surface area contributed by atoms with Gasteiger partial charge in [-0.1, -0.05) is 71.4 Å². The molecule has 0 aliphatic heterocycles. The molecule has 0 unspecified atom stereocenters. The maximum Gasteiger partial charge on any atom is 0.234 e. The molecule has 7 nitrogen and oxygen atoms in total. The van der Waals surface area contributed by atoms with Crippen LogP contribution in [-0.2, 0) is 18.0 Å². The molecule has 0 aliphatic carbocycles. The average Bonchev–Trinajstić information content (AvgIpc) is 3.39. The van der Waals surface area contributed by atoms with Crippen LogP contribution in [0.5, 0.6) is 11.5 Å². The summed E-state index contributed by atoms with van der Waals surface area (Å²) in [7, 11) is 0. The number of nitrogens with zero attached hydrogens (tertiary/aromatic N) is 3. The summed E-state index contributed by atoms with van der Waals surface area (Å²) < 4.78 is 13.7. The monoisotopic (exact) mass is 570 g/mol. The van der Waals surface area contributed by atoms with Gasteiger partial charge in [-0.15, -0.1) is 10.2 Å². The number of aryl methyl sites for hydroxylation is 1. The lowest BCUT2D eigenvalue weighted by Crippen LogP contribution is -2.14. The van der Waals surface area contributed by atoms with Gasteiger partial charge in [-0.05, 0) is 73.2 Å². The highest BCUT2D eigenvalue weighted by atomic mass is 35.5. The lowest BCUT2D eigenvalue weighted by molar-refractivity contribution is -0.113. The average molecular weight is 571 g/mol. The minimum atomic E-state index is -0.161. The second-order valence-electron chi connectivity index (χ2n) is 8.95. The molecular weight excluding hydrogens is 544 g/mol. The molecule has 0 spiro atoms. The van der Waals surface area contributed by atoms with Crippen molar-refractivity contribution < 1.29 is 14.3 Å². The van der Waals surface area contributed by atoms with Crippen LogP contribution < -0.4 is 14.8 Å². The number of thioether (sulfide) groups is 1. The first-order valence-corrected chi connectivity index (χ1v) is 14.0. The fourth-order valence-corrected chi connectivity index (χ4v) is 4.72. The topological polar surface area (TPSA) is 78.3 Å². The molecule has 0 fully saturated rings. The number of anilines is 1. The summed E-state index contributed by atoms with van der Waals surface area (Å²) in [4.78, 5) is 12.8. The third-order valence-electron chi connectivity index (χ3n) is 5.89. The van der Waals surface area contributed by atoms with Gasteiger partial charge >= 0.3 is 0 Å². The van der Waals surface area contributed by atoms with E-state index in [1.807, 2.05) is 102 Å². The number of benzene rings is 4. The Morgan fingerprint density at radius 2 is 1.48 bits per heavy atom. The van der Waals surface area contributed by atoms with Gasteiger partial charge < -0.3 is 14.8 Å². The molecule has 0 bridgehead atoms. The lowest BCUT2D eigenvalue weighted by atomic mass is 10.2. The Morgan fingerprint density at radius 1 is 0.825 bits per heavy atom. The molecule has 1 aromatic heterocycles. The largest absolute Gasteiger partial charge is 0.489 e. The van der Waals surface area contributed by atoms with Crippen molar-refractivity contribution in [1.82, 2.24) is 14.8 Å². The van der Waals surface area contributed by atoms with Crippen LogP contribution in [0.15, 0.2) is 108 Å². The van der Waals surface area contributed by atoms with Gasteiger partial charge in [-0.3, -0.25) is 9.36 Å². The predicted octanol–water partition coefficient (Wildman–Crippen LogP) is 7.12. The fourth-order valence-electron chi connectivity index (χ4n) is 3.82. The van der Waals surface area contributed by atoms with E-state index in [-0.39, 0.29) is 18.3 Å². The van der Waals surface area contributed by atoms with Crippen LogP contribution in [0.1, 0.15) is 17.0 Å². The van der Waals surface area contributed by atoms with Crippen LogP contribution in [-0.4, -0.2) is 26.4 Å². The zero-order valence-electron chi connectivity index (χ0n) is 21.8. The van der Waals surface area contributed by atoms with Gasteiger partial charge in [-0.2, -0.15) is 0 Å². The zero-order chi connectivity index (χ0) is 27.7. The molecule has 1 amide bonds. The third kappa shape index (κ3) is 7.43. The van der Waals surface area contributed by atoms with E-state index in [9.17, 15) is 4.79 Å². The Balaban J connectivity index is 1.21. The number of carbonyl (C=O) groups is 1. The summed E-state index contributed by atoms with van der Waals surface area (Å²) in [5.41, 5.74) is 3.75. The SMILES string of the molecule is Cc1ccc(OCc2nnc(SCC(=O)Nc3ccc(OCc4ccccc4)cc3)n2-c2ccc(Cl)cc2)cc1. The molecule has 1 N–H and O–H groups in total. The van der Waals surface area contributed by atoms with Gasteiger partial charge in [-0.25, -0.2) is 0 Å². The van der Waals surface area contributed by atoms with Crippen molar-refractivity contribution in [3.8, 4) is 17.2 Å². The molecule has 202 valence electrons. The Morgan fingerprint density at radius 3 is 2.17 bits per heavy atom. The Bertz CT molecular complexity index is 1540. The van der Waals surface area contributed by atoms with Crippen LogP contribution in [0.25, 0.3) is 5.69 Å². The van der Waals surface area contributed by atoms with Gasteiger partial charge in [0.25, 0.3) is 0 Å². The molecule has 40 heavy (non-hydrogen) atoms. The highest BCUT2D eigenvalue weighted by Crippen LogP contribution is 2.25. The molecule has 9 heteroatoms. The van der Waals surface area contributed by atoms with Crippen molar-refractivity contribution in [2.24, 2.45) is 0 Å². The molecular formula is C31H27ClN4O3S. The van der Waals surface area contributed by atoms with Crippen LogP contribution >= 0.6 is 23.4 Å². The van der Waals surface area contributed by atoms with E-state index in [1.165, 1.54) is 11.8 Å². The minimum absolute atomic E-state index is 0.150. The van der Waals surface area contributed by atoms with Crippen molar-refractivity contribution in [3.63, 3.8) is 0 Å². The van der Waals surface area contributed by atoms with Crippen LogP contribution in [0.2, 0.25) is 5.02 Å². The number of carbonyl (C=O) groups excluding carboxylic acids is 1. The van der Waals surface area contributed by atoms with Gasteiger partial charge in [0.2, 0.25) is 5.91 Å². The van der Waals surface area contributed by atoms with E-state index >= 15 is 0 Å². The number of hydrogen-bond acceptors (Lipinski definition) is 6. The number of ether oxygens (including phenoxy) is 2. The second-order valence-corrected chi connectivity index (χ2v) is 10.3. The van der Waals surface area contributed by atoms with Crippen molar-refractivity contribution in [2.75, 3.05) is 11.1 Å². The summed E-state index contributed by atoms with van der Waals surface area (Å²) in [5.74, 6) is 2.06. The minimum Gasteiger partial charge on any atom is -0.489 e. The Kier molecular flexibility index (Phi) is 9.00. The van der Waals surface area contributed by atoms with Crippen molar-refractivity contribution >= 4 is 35.0 Å².